The van der Waals surface area contributed by atoms with Crippen LogP contribution in [0.15, 0.2) is 18.2 Å². The first-order valence-corrected chi connectivity index (χ1v) is 9.08. The Kier molecular flexibility index (Phi) is 4.51. The molecule has 1 aromatic carbocycles. The maximum atomic E-state index is 12.6. The minimum atomic E-state index is -0.510. The third-order valence-corrected chi connectivity index (χ3v) is 5.50. The second kappa shape index (κ2) is 6.94. The van der Waals surface area contributed by atoms with Crippen molar-refractivity contribution in [1.29, 1.82) is 0 Å². The number of nitrogens with zero attached hydrogens (tertiary/aromatic N) is 1. The van der Waals surface area contributed by atoms with E-state index in [0.717, 1.165) is 19.4 Å². The van der Waals surface area contributed by atoms with Crippen LogP contribution in [-0.2, 0) is 9.53 Å². The Labute approximate surface area is 147 Å². The first-order valence-electron chi connectivity index (χ1n) is 9.08. The Hall–Kier alpha value is -2.24. The smallest absolute Gasteiger partial charge is 0.338 e. The van der Waals surface area contributed by atoms with Gasteiger partial charge in [-0.3, -0.25) is 4.79 Å². The van der Waals surface area contributed by atoms with Crippen LogP contribution in [0.1, 0.15) is 48.9 Å². The molecule has 0 N–H and O–H groups in total. The van der Waals surface area contributed by atoms with Crippen LogP contribution in [0.2, 0.25) is 0 Å². The molecule has 1 amide bonds. The van der Waals surface area contributed by atoms with Gasteiger partial charge in [-0.25, -0.2) is 4.79 Å². The summed E-state index contributed by atoms with van der Waals surface area (Å²) >= 11 is 0. The quantitative estimate of drug-likeness (QED) is 0.788. The Morgan fingerprint density at radius 2 is 1.88 bits per heavy atom. The molecule has 134 valence electrons. The minimum absolute atomic E-state index is 0.0781. The molecule has 0 radical (unpaired) electrons. The van der Waals surface area contributed by atoms with Crippen LogP contribution in [0.4, 0.5) is 0 Å². The average molecular weight is 345 g/mol. The van der Waals surface area contributed by atoms with E-state index < -0.39 is 5.97 Å². The summed E-state index contributed by atoms with van der Waals surface area (Å²) in [5, 5.41) is 0. The Bertz CT molecular complexity index is 672. The van der Waals surface area contributed by atoms with Gasteiger partial charge in [0.05, 0.1) is 5.56 Å². The van der Waals surface area contributed by atoms with Gasteiger partial charge in [-0.15, -0.1) is 0 Å². The lowest BCUT2D eigenvalue weighted by Crippen LogP contribution is -2.50. The fourth-order valence-electron chi connectivity index (χ4n) is 4.25. The Balaban J connectivity index is 1.35. The molecule has 1 aliphatic carbocycles. The molecule has 25 heavy (non-hydrogen) atoms. The molecular formula is C19H23NO5. The molecule has 1 saturated heterocycles. The van der Waals surface area contributed by atoms with E-state index in [-0.39, 0.29) is 19.3 Å². The van der Waals surface area contributed by atoms with Crippen LogP contribution >= 0.6 is 0 Å². The lowest BCUT2D eigenvalue weighted by atomic mass is 9.78. The molecule has 6 nitrogen and oxygen atoms in total. The van der Waals surface area contributed by atoms with Crippen molar-refractivity contribution in [3.05, 3.63) is 23.8 Å². The minimum Gasteiger partial charge on any atom is -0.454 e. The molecule has 1 saturated carbocycles. The summed E-state index contributed by atoms with van der Waals surface area (Å²) in [6.07, 6.45) is 7.00. The van der Waals surface area contributed by atoms with Crippen LogP contribution in [0.25, 0.3) is 0 Å². The second-order valence-corrected chi connectivity index (χ2v) is 6.99. The number of carbonyl (C=O) groups excluding carboxylic acids is 2. The van der Waals surface area contributed by atoms with Gasteiger partial charge in [-0.2, -0.15) is 0 Å². The lowest BCUT2D eigenvalue weighted by molar-refractivity contribution is -0.140. The number of piperidine rings is 1. The van der Waals surface area contributed by atoms with Gasteiger partial charge in [0.2, 0.25) is 6.79 Å². The molecule has 0 aromatic heterocycles. The SMILES string of the molecule is O=C(OCC(=O)N1CCC[C@@H]2CCCC[C@H]21)c1ccc2c(c1)OCO2. The Morgan fingerprint density at radius 3 is 2.80 bits per heavy atom. The van der Waals surface area contributed by atoms with Crippen molar-refractivity contribution in [2.45, 2.75) is 44.6 Å². The molecule has 2 fully saturated rings. The zero-order chi connectivity index (χ0) is 17.2. The van der Waals surface area contributed by atoms with E-state index in [0.29, 0.717) is 29.0 Å². The Morgan fingerprint density at radius 1 is 1.08 bits per heavy atom. The van der Waals surface area contributed by atoms with E-state index in [1.165, 1.54) is 25.7 Å². The van der Waals surface area contributed by atoms with Gasteiger partial charge in [-0.1, -0.05) is 12.8 Å². The van der Waals surface area contributed by atoms with Crippen molar-refractivity contribution in [1.82, 2.24) is 4.90 Å². The van der Waals surface area contributed by atoms with E-state index in [9.17, 15) is 9.59 Å². The molecule has 1 aromatic rings. The zero-order valence-electron chi connectivity index (χ0n) is 14.2. The third kappa shape index (κ3) is 3.30. The summed E-state index contributed by atoms with van der Waals surface area (Å²) < 4.78 is 15.7. The zero-order valence-corrected chi connectivity index (χ0v) is 14.2. The van der Waals surface area contributed by atoms with Crippen molar-refractivity contribution in [3.63, 3.8) is 0 Å². The highest BCUT2D eigenvalue weighted by Gasteiger charge is 2.35. The van der Waals surface area contributed by atoms with Crippen molar-refractivity contribution >= 4 is 11.9 Å². The van der Waals surface area contributed by atoms with E-state index >= 15 is 0 Å². The molecule has 2 heterocycles. The summed E-state index contributed by atoms with van der Waals surface area (Å²) in [4.78, 5) is 26.7. The molecule has 3 aliphatic rings. The molecule has 0 spiro atoms. The van der Waals surface area contributed by atoms with Crippen molar-refractivity contribution in [3.8, 4) is 11.5 Å². The van der Waals surface area contributed by atoms with E-state index in [1.807, 2.05) is 4.90 Å². The first kappa shape index (κ1) is 16.2. The molecule has 2 aliphatic heterocycles. The number of ether oxygens (including phenoxy) is 3. The van der Waals surface area contributed by atoms with Gasteiger partial charge < -0.3 is 19.1 Å². The van der Waals surface area contributed by atoms with Gasteiger partial charge in [0.1, 0.15) is 0 Å². The van der Waals surface area contributed by atoms with Crippen molar-refractivity contribution in [2.24, 2.45) is 5.92 Å². The van der Waals surface area contributed by atoms with Gasteiger partial charge in [0.15, 0.2) is 18.1 Å². The first-order chi connectivity index (χ1) is 12.2. The normalized spacial score (nSPS) is 24.6. The highest BCUT2D eigenvalue weighted by Crippen LogP contribution is 2.35. The maximum absolute atomic E-state index is 12.6. The molecular weight excluding hydrogens is 322 g/mol. The summed E-state index contributed by atoms with van der Waals surface area (Å²) in [5.41, 5.74) is 0.367. The molecule has 0 bridgehead atoms. The number of likely N-dealkylation sites (tertiary alicyclic amines) is 1. The number of carbonyl (C=O) groups is 2. The van der Waals surface area contributed by atoms with Gasteiger partial charge in [0, 0.05) is 12.6 Å². The number of rotatable bonds is 3. The predicted molar refractivity (Wildman–Crippen MR) is 89.5 cm³/mol. The van der Waals surface area contributed by atoms with Crippen molar-refractivity contribution in [2.75, 3.05) is 19.9 Å². The maximum Gasteiger partial charge on any atom is 0.338 e. The predicted octanol–water partition coefficient (Wildman–Crippen LogP) is 2.75. The number of hydrogen-bond donors (Lipinski definition) is 0. The number of amides is 1. The topological polar surface area (TPSA) is 65.1 Å². The molecule has 2 atom stereocenters. The van der Waals surface area contributed by atoms with Crippen molar-refractivity contribution < 1.29 is 23.8 Å². The van der Waals surface area contributed by atoms with Crippen LogP contribution in [-0.4, -0.2) is 42.8 Å². The number of hydrogen-bond acceptors (Lipinski definition) is 5. The fourth-order valence-corrected chi connectivity index (χ4v) is 4.25. The monoisotopic (exact) mass is 345 g/mol. The van der Waals surface area contributed by atoms with E-state index in [1.54, 1.807) is 18.2 Å². The van der Waals surface area contributed by atoms with E-state index in [4.69, 9.17) is 14.2 Å². The molecule has 6 heteroatoms. The number of fused-ring (bicyclic) bond motifs is 2. The average Bonchev–Trinajstić information content (AvgIpc) is 3.13. The van der Waals surface area contributed by atoms with Crippen LogP contribution in [0.5, 0.6) is 11.5 Å². The van der Waals surface area contributed by atoms with E-state index in [2.05, 4.69) is 0 Å². The molecule has 4 rings (SSSR count). The molecule has 0 unspecified atom stereocenters. The fraction of sp³-hybridized carbons (Fsp3) is 0.579. The highest BCUT2D eigenvalue weighted by molar-refractivity contribution is 5.92. The summed E-state index contributed by atoms with van der Waals surface area (Å²) in [6, 6.07) is 5.23. The highest BCUT2D eigenvalue weighted by atomic mass is 16.7. The van der Waals surface area contributed by atoms with Gasteiger partial charge in [0.25, 0.3) is 5.91 Å². The number of esters is 1. The van der Waals surface area contributed by atoms with Crippen LogP contribution < -0.4 is 9.47 Å². The van der Waals surface area contributed by atoms with Crippen LogP contribution in [0, 0.1) is 5.92 Å². The lowest BCUT2D eigenvalue weighted by Gasteiger charge is -2.44. The summed E-state index contributed by atoms with van der Waals surface area (Å²) in [7, 11) is 0. The largest absolute Gasteiger partial charge is 0.454 e. The number of benzene rings is 1. The van der Waals surface area contributed by atoms with Crippen LogP contribution in [0.3, 0.4) is 0 Å². The van der Waals surface area contributed by atoms with Gasteiger partial charge in [-0.05, 0) is 49.8 Å². The second-order valence-electron chi connectivity index (χ2n) is 6.99. The third-order valence-electron chi connectivity index (χ3n) is 5.50. The van der Waals surface area contributed by atoms with Gasteiger partial charge >= 0.3 is 5.97 Å². The standard InChI is InChI=1S/C19H23NO5/c21-18(20-9-3-5-13-4-1-2-6-15(13)20)11-23-19(22)14-7-8-16-17(10-14)25-12-24-16/h7-8,10,13,15H,1-6,9,11-12H2/t13-,15+/m0/s1. The summed E-state index contributed by atoms with van der Waals surface area (Å²) in [5.74, 6) is 1.18. The summed E-state index contributed by atoms with van der Waals surface area (Å²) in [6.45, 7) is 0.738.